The van der Waals surface area contributed by atoms with Gasteiger partial charge in [-0.25, -0.2) is 0 Å². The summed E-state index contributed by atoms with van der Waals surface area (Å²) in [5.74, 6) is -0.189. The van der Waals surface area contributed by atoms with Gasteiger partial charge in [-0.05, 0) is 30.5 Å². The van der Waals surface area contributed by atoms with E-state index >= 15 is 0 Å². The van der Waals surface area contributed by atoms with Gasteiger partial charge in [0.25, 0.3) is 5.91 Å². The molecule has 4 heteroatoms. The molecule has 0 aliphatic heterocycles. The van der Waals surface area contributed by atoms with Crippen LogP contribution in [0, 0.1) is 6.92 Å². The van der Waals surface area contributed by atoms with Crippen LogP contribution in [0.4, 0.5) is 0 Å². The second-order valence-electron chi connectivity index (χ2n) is 5.04. The van der Waals surface area contributed by atoms with E-state index in [1.54, 1.807) is 13.1 Å². The molecule has 0 fully saturated rings. The van der Waals surface area contributed by atoms with Gasteiger partial charge >= 0.3 is 0 Å². The molecule has 114 valence electrons. The van der Waals surface area contributed by atoms with Crippen molar-refractivity contribution in [2.24, 2.45) is 5.16 Å². The lowest BCUT2D eigenvalue weighted by molar-refractivity contribution is -0.131. The predicted molar refractivity (Wildman–Crippen MR) is 87.6 cm³/mol. The van der Waals surface area contributed by atoms with Crippen molar-refractivity contribution in [3.63, 3.8) is 0 Å². The molecule has 2 aromatic carbocycles. The van der Waals surface area contributed by atoms with Gasteiger partial charge in [0.15, 0.2) is 0 Å². The fourth-order valence-electron chi connectivity index (χ4n) is 1.89. The minimum absolute atomic E-state index is 0.189. The Bertz CT molecular complexity index is 639. The number of benzene rings is 2. The molecular formula is C18H20N2O2. The van der Waals surface area contributed by atoms with Crippen LogP contribution in [0.5, 0.6) is 0 Å². The molecule has 1 N–H and O–H groups in total. The van der Waals surface area contributed by atoms with Crippen molar-refractivity contribution in [2.75, 3.05) is 0 Å². The molecule has 22 heavy (non-hydrogen) atoms. The Morgan fingerprint density at radius 3 is 2.59 bits per heavy atom. The average Bonchev–Trinajstić information content (AvgIpc) is 2.55. The van der Waals surface area contributed by atoms with Crippen molar-refractivity contribution in [2.45, 2.75) is 26.5 Å². The number of carbonyl (C=O) groups is 1. The molecule has 1 amide bonds. The Hall–Kier alpha value is -2.62. The number of nitrogens with zero attached hydrogens (tertiary/aromatic N) is 1. The van der Waals surface area contributed by atoms with E-state index in [4.69, 9.17) is 4.84 Å². The van der Waals surface area contributed by atoms with Crippen LogP contribution >= 0.6 is 0 Å². The van der Waals surface area contributed by atoms with Crippen molar-refractivity contribution < 1.29 is 9.63 Å². The number of carbonyl (C=O) groups excluding carboxylic acids is 1. The van der Waals surface area contributed by atoms with Crippen LogP contribution in [0.15, 0.2) is 59.8 Å². The topological polar surface area (TPSA) is 50.7 Å². The third-order valence-corrected chi connectivity index (χ3v) is 3.28. The number of amides is 1. The van der Waals surface area contributed by atoms with Gasteiger partial charge in [0.1, 0.15) is 0 Å². The van der Waals surface area contributed by atoms with Gasteiger partial charge < -0.3 is 10.2 Å². The van der Waals surface area contributed by atoms with E-state index in [0.717, 1.165) is 16.7 Å². The lowest BCUT2D eigenvalue weighted by Gasteiger charge is -2.10. The molecule has 0 aromatic heterocycles. The summed E-state index contributed by atoms with van der Waals surface area (Å²) >= 11 is 0. The highest BCUT2D eigenvalue weighted by Crippen LogP contribution is 2.04. The normalized spacial score (nSPS) is 12.1. The molecule has 0 saturated carbocycles. The first-order valence-corrected chi connectivity index (χ1v) is 7.23. The van der Waals surface area contributed by atoms with E-state index in [0.29, 0.717) is 6.54 Å². The molecular weight excluding hydrogens is 276 g/mol. The second kappa shape index (κ2) is 7.98. The van der Waals surface area contributed by atoms with Crippen molar-refractivity contribution in [1.82, 2.24) is 5.32 Å². The number of rotatable bonds is 6. The van der Waals surface area contributed by atoms with Gasteiger partial charge in [-0.2, -0.15) is 0 Å². The van der Waals surface area contributed by atoms with Gasteiger partial charge in [0.2, 0.25) is 6.10 Å². The molecule has 0 unspecified atom stereocenters. The van der Waals surface area contributed by atoms with Gasteiger partial charge in [0, 0.05) is 6.54 Å². The first kappa shape index (κ1) is 15.8. The summed E-state index contributed by atoms with van der Waals surface area (Å²) in [5.41, 5.74) is 3.13. The maximum absolute atomic E-state index is 11.9. The molecule has 0 spiro atoms. The van der Waals surface area contributed by atoms with Gasteiger partial charge in [0.05, 0.1) is 6.21 Å². The number of aryl methyl sites for hydroxylation is 1. The van der Waals surface area contributed by atoms with Crippen LogP contribution < -0.4 is 5.32 Å². The summed E-state index contributed by atoms with van der Waals surface area (Å²) in [5, 5.41) is 6.71. The maximum atomic E-state index is 11.9. The van der Waals surface area contributed by atoms with E-state index in [-0.39, 0.29) is 5.91 Å². The van der Waals surface area contributed by atoms with E-state index < -0.39 is 6.10 Å². The summed E-state index contributed by atoms with van der Waals surface area (Å²) in [6, 6.07) is 17.6. The quantitative estimate of drug-likeness (QED) is 0.658. The zero-order chi connectivity index (χ0) is 15.8. The third kappa shape index (κ3) is 4.74. The molecule has 2 rings (SSSR count). The lowest BCUT2D eigenvalue weighted by atomic mass is 10.1. The number of nitrogens with one attached hydrogen (secondary N) is 1. The summed E-state index contributed by atoms with van der Waals surface area (Å²) in [7, 11) is 0. The molecule has 0 heterocycles. The van der Waals surface area contributed by atoms with Crippen LogP contribution in [0.2, 0.25) is 0 Å². The van der Waals surface area contributed by atoms with Crippen molar-refractivity contribution in [1.29, 1.82) is 0 Å². The SMILES string of the molecule is Cc1ccccc1/C=N\O[C@H](C)C(=O)NCc1ccccc1. The molecule has 0 saturated heterocycles. The van der Waals surface area contributed by atoms with Crippen LogP contribution in [0.1, 0.15) is 23.6 Å². The van der Waals surface area contributed by atoms with Crippen molar-refractivity contribution in [3.8, 4) is 0 Å². The van der Waals surface area contributed by atoms with E-state index in [1.165, 1.54) is 0 Å². The highest BCUT2D eigenvalue weighted by Gasteiger charge is 2.13. The summed E-state index contributed by atoms with van der Waals surface area (Å²) in [6.07, 6.45) is 0.986. The zero-order valence-corrected chi connectivity index (χ0v) is 12.8. The Kier molecular flexibility index (Phi) is 5.72. The van der Waals surface area contributed by atoms with Crippen molar-refractivity contribution >= 4 is 12.1 Å². The minimum Gasteiger partial charge on any atom is -0.383 e. The Balaban J connectivity index is 1.80. The molecule has 1 atom stereocenters. The summed E-state index contributed by atoms with van der Waals surface area (Å²) in [4.78, 5) is 17.1. The fraction of sp³-hybridized carbons (Fsp3) is 0.222. The molecule has 2 aromatic rings. The first-order valence-electron chi connectivity index (χ1n) is 7.23. The Labute approximate surface area is 130 Å². The Morgan fingerprint density at radius 2 is 1.86 bits per heavy atom. The largest absolute Gasteiger partial charge is 0.383 e. The summed E-state index contributed by atoms with van der Waals surface area (Å²) < 4.78 is 0. The molecule has 0 aliphatic rings. The average molecular weight is 296 g/mol. The smallest absolute Gasteiger partial charge is 0.263 e. The molecule has 0 aliphatic carbocycles. The number of oxime groups is 1. The monoisotopic (exact) mass is 296 g/mol. The van der Waals surface area contributed by atoms with Gasteiger partial charge in [-0.15, -0.1) is 0 Å². The molecule has 0 radical (unpaired) electrons. The Morgan fingerprint density at radius 1 is 1.18 bits per heavy atom. The summed E-state index contributed by atoms with van der Waals surface area (Å²) in [6.45, 7) is 4.15. The second-order valence-corrected chi connectivity index (χ2v) is 5.04. The van der Waals surface area contributed by atoms with Gasteiger partial charge in [-0.3, -0.25) is 4.79 Å². The van der Waals surface area contributed by atoms with Crippen LogP contribution in [-0.4, -0.2) is 18.2 Å². The van der Waals surface area contributed by atoms with Crippen LogP contribution in [0.3, 0.4) is 0 Å². The van der Waals surface area contributed by atoms with Crippen LogP contribution in [0.25, 0.3) is 0 Å². The predicted octanol–water partition coefficient (Wildman–Crippen LogP) is 3.05. The van der Waals surface area contributed by atoms with E-state index in [2.05, 4.69) is 10.5 Å². The molecule has 4 nitrogen and oxygen atoms in total. The molecule has 0 bridgehead atoms. The van der Waals surface area contributed by atoms with E-state index in [1.807, 2.05) is 61.5 Å². The van der Waals surface area contributed by atoms with Crippen molar-refractivity contribution in [3.05, 3.63) is 71.3 Å². The zero-order valence-electron chi connectivity index (χ0n) is 12.8. The number of hydrogen-bond acceptors (Lipinski definition) is 3. The third-order valence-electron chi connectivity index (χ3n) is 3.28. The maximum Gasteiger partial charge on any atom is 0.263 e. The fourth-order valence-corrected chi connectivity index (χ4v) is 1.89. The first-order chi connectivity index (χ1) is 10.7. The number of hydrogen-bond donors (Lipinski definition) is 1. The highest BCUT2D eigenvalue weighted by molar-refractivity contribution is 5.82. The standard InChI is InChI=1S/C18H20N2O2/c1-14-8-6-7-11-17(14)13-20-22-15(2)18(21)19-12-16-9-4-3-5-10-16/h3-11,13,15H,12H2,1-2H3,(H,19,21)/b20-13-/t15-/m1/s1. The highest BCUT2D eigenvalue weighted by atomic mass is 16.6. The van der Waals surface area contributed by atoms with Gasteiger partial charge in [-0.1, -0.05) is 59.8 Å². The minimum atomic E-state index is -0.635. The van der Waals surface area contributed by atoms with Crippen LogP contribution in [-0.2, 0) is 16.2 Å². The lowest BCUT2D eigenvalue weighted by Crippen LogP contribution is -2.33. The van der Waals surface area contributed by atoms with E-state index in [9.17, 15) is 4.79 Å².